The molecule has 122 valence electrons. The molecule has 0 atom stereocenters. The number of methoxy groups -OCH3 is 1. The highest BCUT2D eigenvalue weighted by Crippen LogP contribution is 2.31. The summed E-state index contributed by atoms with van der Waals surface area (Å²) in [6.07, 6.45) is 2.85. The van der Waals surface area contributed by atoms with Crippen molar-refractivity contribution in [1.29, 1.82) is 0 Å². The van der Waals surface area contributed by atoms with Crippen molar-refractivity contribution >= 4 is 22.6 Å². The van der Waals surface area contributed by atoms with Gasteiger partial charge in [0.25, 0.3) is 0 Å². The van der Waals surface area contributed by atoms with Gasteiger partial charge in [0.15, 0.2) is 0 Å². The summed E-state index contributed by atoms with van der Waals surface area (Å²) in [7, 11) is 3.44. The second kappa shape index (κ2) is 5.63. The van der Waals surface area contributed by atoms with Crippen molar-refractivity contribution < 1.29 is 9.53 Å². The predicted molar refractivity (Wildman–Crippen MR) is 91.4 cm³/mol. The first-order chi connectivity index (χ1) is 11.7. The lowest BCUT2D eigenvalue weighted by atomic mass is 10.2. The Morgan fingerprint density at radius 1 is 1.17 bits per heavy atom. The average Bonchev–Trinajstić information content (AvgIpc) is 2.91. The Morgan fingerprint density at radius 3 is 2.71 bits per heavy atom. The van der Waals surface area contributed by atoms with Gasteiger partial charge in [-0.3, -0.25) is 14.4 Å². The van der Waals surface area contributed by atoms with Gasteiger partial charge < -0.3 is 4.74 Å². The number of carbonyl (C=O) groups excluding carboxylic acids is 1. The van der Waals surface area contributed by atoms with E-state index in [4.69, 9.17) is 9.84 Å². The molecule has 0 radical (unpaired) electrons. The van der Waals surface area contributed by atoms with Gasteiger partial charge in [0, 0.05) is 26.1 Å². The lowest BCUT2D eigenvalue weighted by Gasteiger charge is -2.15. The zero-order chi connectivity index (χ0) is 16.7. The molecule has 4 rings (SSSR count). The Labute approximate surface area is 139 Å². The van der Waals surface area contributed by atoms with Crippen LogP contribution in [-0.2, 0) is 17.8 Å². The van der Waals surface area contributed by atoms with E-state index in [-0.39, 0.29) is 5.91 Å². The second-order valence-corrected chi connectivity index (χ2v) is 5.93. The van der Waals surface area contributed by atoms with Gasteiger partial charge in [0.05, 0.1) is 30.3 Å². The van der Waals surface area contributed by atoms with Crippen molar-refractivity contribution in [2.75, 3.05) is 19.1 Å². The number of amides is 1. The molecule has 1 amide bonds. The monoisotopic (exact) mass is 322 g/mol. The van der Waals surface area contributed by atoms with E-state index >= 15 is 0 Å². The fourth-order valence-corrected chi connectivity index (χ4v) is 3.15. The van der Waals surface area contributed by atoms with E-state index < -0.39 is 0 Å². The van der Waals surface area contributed by atoms with Crippen LogP contribution in [0.4, 0.5) is 5.82 Å². The first-order valence-corrected chi connectivity index (χ1v) is 7.91. The Bertz CT molecular complexity index is 915. The summed E-state index contributed by atoms with van der Waals surface area (Å²) in [5, 5.41) is 5.74. The second-order valence-electron chi connectivity index (χ2n) is 5.93. The van der Waals surface area contributed by atoms with Gasteiger partial charge in [-0.15, -0.1) is 0 Å². The molecule has 2 aromatic heterocycles. The number of nitrogens with zero attached hydrogens (tertiary/aromatic N) is 4. The SMILES string of the molecule is COc1ccc(Cn2nc3c4c(nccc42)N(C)C(=O)CC3)cc1. The van der Waals surface area contributed by atoms with Gasteiger partial charge >= 0.3 is 0 Å². The molecule has 1 aromatic carbocycles. The highest BCUT2D eigenvalue weighted by atomic mass is 16.5. The Hall–Kier alpha value is -2.89. The first kappa shape index (κ1) is 14.7. The lowest BCUT2D eigenvalue weighted by Crippen LogP contribution is -2.26. The summed E-state index contributed by atoms with van der Waals surface area (Å²) < 4.78 is 7.19. The third-order valence-electron chi connectivity index (χ3n) is 4.48. The van der Waals surface area contributed by atoms with Crippen LogP contribution in [-0.4, -0.2) is 34.8 Å². The minimum Gasteiger partial charge on any atom is -0.497 e. The number of carbonyl (C=O) groups is 1. The van der Waals surface area contributed by atoms with Crippen molar-refractivity contribution in [3.63, 3.8) is 0 Å². The Morgan fingerprint density at radius 2 is 1.96 bits per heavy atom. The molecule has 0 saturated carbocycles. The molecule has 0 N–H and O–H groups in total. The normalized spacial score (nSPS) is 14.1. The minimum absolute atomic E-state index is 0.0784. The molecule has 6 heteroatoms. The van der Waals surface area contributed by atoms with Gasteiger partial charge in [0.2, 0.25) is 5.91 Å². The Balaban J connectivity index is 1.79. The van der Waals surface area contributed by atoms with E-state index in [0.29, 0.717) is 25.2 Å². The van der Waals surface area contributed by atoms with Gasteiger partial charge in [0.1, 0.15) is 11.6 Å². The lowest BCUT2D eigenvalue weighted by molar-refractivity contribution is -0.118. The third-order valence-corrected chi connectivity index (χ3v) is 4.48. The van der Waals surface area contributed by atoms with Crippen LogP contribution in [0.5, 0.6) is 5.75 Å². The molecule has 0 spiro atoms. The molecular weight excluding hydrogens is 304 g/mol. The van der Waals surface area contributed by atoms with Crippen LogP contribution in [0.1, 0.15) is 17.7 Å². The molecule has 0 aliphatic carbocycles. The summed E-state index contributed by atoms with van der Waals surface area (Å²) >= 11 is 0. The van der Waals surface area contributed by atoms with Crippen LogP contribution in [0.3, 0.4) is 0 Å². The van der Waals surface area contributed by atoms with Crippen molar-refractivity contribution in [3.8, 4) is 5.75 Å². The highest BCUT2D eigenvalue weighted by Gasteiger charge is 2.25. The summed E-state index contributed by atoms with van der Waals surface area (Å²) in [5.74, 6) is 1.62. The van der Waals surface area contributed by atoms with Crippen LogP contribution in [0.15, 0.2) is 36.5 Å². The number of rotatable bonds is 3. The smallest absolute Gasteiger partial charge is 0.228 e. The molecule has 3 aromatic rings. The van der Waals surface area contributed by atoms with Gasteiger partial charge in [-0.2, -0.15) is 5.10 Å². The van der Waals surface area contributed by atoms with Crippen molar-refractivity contribution in [3.05, 3.63) is 47.8 Å². The van der Waals surface area contributed by atoms with Crippen LogP contribution in [0.25, 0.3) is 10.9 Å². The molecular formula is C18H18N4O2. The highest BCUT2D eigenvalue weighted by molar-refractivity contribution is 6.03. The summed E-state index contributed by atoms with van der Waals surface area (Å²) in [5.41, 5.74) is 3.10. The molecule has 0 bridgehead atoms. The first-order valence-electron chi connectivity index (χ1n) is 7.91. The maximum atomic E-state index is 12.1. The molecule has 0 unspecified atom stereocenters. The summed E-state index contributed by atoms with van der Waals surface area (Å²) in [4.78, 5) is 18.1. The number of pyridine rings is 1. The largest absolute Gasteiger partial charge is 0.497 e. The maximum absolute atomic E-state index is 12.1. The topological polar surface area (TPSA) is 60.2 Å². The van der Waals surface area contributed by atoms with Crippen molar-refractivity contribution in [2.24, 2.45) is 0 Å². The fourth-order valence-electron chi connectivity index (χ4n) is 3.15. The van der Waals surface area contributed by atoms with Gasteiger partial charge in [-0.25, -0.2) is 4.98 Å². The van der Waals surface area contributed by atoms with E-state index in [0.717, 1.165) is 27.9 Å². The number of ether oxygens (including phenoxy) is 1. The number of hydrogen-bond acceptors (Lipinski definition) is 4. The maximum Gasteiger partial charge on any atom is 0.228 e. The summed E-state index contributed by atoms with van der Waals surface area (Å²) in [6, 6.07) is 9.93. The molecule has 24 heavy (non-hydrogen) atoms. The van der Waals surface area contributed by atoms with Crippen molar-refractivity contribution in [2.45, 2.75) is 19.4 Å². The number of hydrogen-bond donors (Lipinski definition) is 0. The zero-order valence-electron chi connectivity index (χ0n) is 13.7. The van der Waals surface area contributed by atoms with Crippen LogP contribution in [0, 0.1) is 0 Å². The molecule has 0 saturated heterocycles. The molecule has 6 nitrogen and oxygen atoms in total. The van der Waals surface area contributed by atoms with Crippen LogP contribution in [0.2, 0.25) is 0 Å². The number of aromatic nitrogens is 3. The quantitative estimate of drug-likeness (QED) is 0.743. The summed E-state index contributed by atoms with van der Waals surface area (Å²) in [6.45, 7) is 0.668. The third kappa shape index (κ3) is 2.31. The number of anilines is 1. The molecule has 3 heterocycles. The average molecular weight is 322 g/mol. The van der Waals surface area contributed by atoms with E-state index in [1.165, 1.54) is 0 Å². The Kier molecular flexibility index (Phi) is 3.45. The zero-order valence-corrected chi connectivity index (χ0v) is 13.7. The molecule has 1 aliphatic heterocycles. The van der Waals surface area contributed by atoms with E-state index in [1.807, 2.05) is 35.0 Å². The van der Waals surface area contributed by atoms with Gasteiger partial charge in [-0.1, -0.05) is 12.1 Å². The van der Waals surface area contributed by atoms with E-state index in [1.54, 1.807) is 25.3 Å². The standard InChI is InChI=1S/C18H18N4O2/c1-21-16(23)8-7-14-17-15(9-10-19-18(17)21)22(20-14)11-12-3-5-13(24-2)6-4-12/h3-6,9-10H,7-8,11H2,1-2H3. The van der Waals surface area contributed by atoms with E-state index in [9.17, 15) is 4.79 Å². The number of aryl methyl sites for hydroxylation is 1. The van der Waals surface area contributed by atoms with E-state index in [2.05, 4.69) is 4.98 Å². The predicted octanol–water partition coefficient (Wildman–Crippen LogP) is 2.40. The van der Waals surface area contributed by atoms with Crippen LogP contribution >= 0.6 is 0 Å². The van der Waals surface area contributed by atoms with Crippen LogP contribution < -0.4 is 9.64 Å². The van der Waals surface area contributed by atoms with Gasteiger partial charge in [-0.05, 0) is 23.8 Å². The van der Waals surface area contributed by atoms with Crippen molar-refractivity contribution in [1.82, 2.24) is 14.8 Å². The molecule has 1 aliphatic rings. The minimum atomic E-state index is 0.0784. The molecule has 0 fully saturated rings. The fraction of sp³-hybridized carbons (Fsp3) is 0.278. The number of benzene rings is 1.